The van der Waals surface area contributed by atoms with Crippen molar-refractivity contribution in [2.75, 3.05) is 0 Å². The molecule has 0 unspecified atom stereocenters. The minimum atomic E-state index is -4.20. The number of sulfonamides is 1. The van der Waals surface area contributed by atoms with Crippen LogP contribution >= 0.6 is 0 Å². The van der Waals surface area contributed by atoms with Crippen molar-refractivity contribution in [2.24, 2.45) is 0 Å². The largest absolute Gasteiger partial charge is 1.00 e. The van der Waals surface area contributed by atoms with Gasteiger partial charge in [-0.25, -0.2) is 17.2 Å². The fraction of sp³-hybridized carbons (Fsp3) is 0. The van der Waals surface area contributed by atoms with Gasteiger partial charge in [-0.05, 0) is 24.3 Å². The zero-order chi connectivity index (χ0) is 14.8. The summed E-state index contributed by atoms with van der Waals surface area (Å²) in [5.41, 5.74) is -0.470. The zero-order valence-electron chi connectivity index (χ0n) is 11.0. The summed E-state index contributed by atoms with van der Waals surface area (Å²) < 4.78 is 52.6. The van der Waals surface area contributed by atoms with Gasteiger partial charge in [0.05, 0.1) is 10.8 Å². The average molecular weight is 303 g/mol. The van der Waals surface area contributed by atoms with Crippen molar-refractivity contribution in [3.63, 3.8) is 0 Å². The van der Waals surface area contributed by atoms with Crippen LogP contribution in [0.2, 0.25) is 0 Å². The molecule has 0 N–H and O–H groups in total. The smallest absolute Gasteiger partial charge is 0.538 e. The molecule has 0 heterocycles. The number of nitrogens with zero attached hydrogens (tertiary/aromatic N) is 1. The topological polar surface area (TPSA) is 65.3 Å². The molecule has 104 valence electrons. The second-order valence-corrected chi connectivity index (χ2v) is 5.45. The van der Waals surface area contributed by atoms with Gasteiger partial charge in [0, 0.05) is 11.6 Å². The Bertz CT molecular complexity index is 731. The van der Waals surface area contributed by atoms with Crippen LogP contribution in [-0.4, -0.2) is 14.3 Å². The van der Waals surface area contributed by atoms with Crippen LogP contribution in [0.25, 0.3) is 4.72 Å². The SMILES string of the molecule is O=C([N-]S(=O)(=O)c1ccccc1)c1cc(F)cc(F)c1.[Li+]. The molecule has 2 aromatic rings. The van der Waals surface area contributed by atoms with E-state index in [1.165, 1.54) is 24.3 Å². The van der Waals surface area contributed by atoms with Crippen LogP contribution in [-0.2, 0) is 10.0 Å². The molecule has 21 heavy (non-hydrogen) atoms. The van der Waals surface area contributed by atoms with Crippen molar-refractivity contribution in [2.45, 2.75) is 4.90 Å². The second-order valence-electron chi connectivity index (χ2n) is 3.84. The summed E-state index contributed by atoms with van der Waals surface area (Å²) in [7, 11) is -4.20. The first-order chi connectivity index (χ1) is 9.38. The van der Waals surface area contributed by atoms with Crippen LogP contribution in [0.4, 0.5) is 8.78 Å². The van der Waals surface area contributed by atoms with Gasteiger partial charge in [0.25, 0.3) is 0 Å². The summed E-state index contributed by atoms with van der Waals surface area (Å²) >= 11 is 0. The molecule has 2 rings (SSSR count). The van der Waals surface area contributed by atoms with Crippen molar-refractivity contribution < 1.29 is 40.9 Å². The maximum Gasteiger partial charge on any atom is 1.00 e. The van der Waals surface area contributed by atoms with E-state index >= 15 is 0 Å². The summed E-state index contributed by atoms with van der Waals surface area (Å²) in [6.07, 6.45) is 0. The third-order valence-corrected chi connectivity index (χ3v) is 3.63. The van der Waals surface area contributed by atoms with E-state index in [1.54, 1.807) is 6.07 Å². The number of carbonyl (C=O) groups excluding carboxylic acids is 1. The molecule has 2 aromatic carbocycles. The minimum Gasteiger partial charge on any atom is -0.538 e. The molecule has 0 aliphatic carbocycles. The van der Waals surface area contributed by atoms with Crippen molar-refractivity contribution in [1.29, 1.82) is 0 Å². The molecule has 0 radical (unpaired) electrons. The van der Waals surface area contributed by atoms with Crippen molar-refractivity contribution in [3.8, 4) is 0 Å². The van der Waals surface area contributed by atoms with Gasteiger partial charge < -0.3 is 9.52 Å². The Morgan fingerprint density at radius 3 is 2.00 bits per heavy atom. The predicted octanol–water partition coefficient (Wildman–Crippen LogP) is -0.128. The molecule has 0 bridgehead atoms. The van der Waals surface area contributed by atoms with Crippen molar-refractivity contribution >= 4 is 15.9 Å². The van der Waals surface area contributed by atoms with Crippen LogP contribution in [0.3, 0.4) is 0 Å². The Labute approximate surface area is 132 Å². The number of hydrogen-bond donors (Lipinski definition) is 0. The van der Waals surface area contributed by atoms with Crippen molar-refractivity contribution in [1.82, 2.24) is 0 Å². The summed E-state index contributed by atoms with van der Waals surface area (Å²) in [4.78, 5) is 11.5. The molecule has 0 saturated heterocycles. The number of carbonyl (C=O) groups is 1. The van der Waals surface area contributed by atoms with Gasteiger partial charge in [0.15, 0.2) is 0 Å². The second kappa shape index (κ2) is 6.85. The van der Waals surface area contributed by atoms with E-state index in [2.05, 4.69) is 4.72 Å². The summed E-state index contributed by atoms with van der Waals surface area (Å²) in [6.45, 7) is 0. The maximum atomic E-state index is 13.0. The van der Waals surface area contributed by atoms with Gasteiger partial charge in [0.2, 0.25) is 0 Å². The molecule has 0 spiro atoms. The van der Waals surface area contributed by atoms with Crippen LogP contribution in [0.15, 0.2) is 53.4 Å². The van der Waals surface area contributed by atoms with Gasteiger partial charge in [-0.1, -0.05) is 18.2 Å². The normalized spacial score (nSPS) is 10.6. The Morgan fingerprint density at radius 2 is 1.48 bits per heavy atom. The quantitative estimate of drug-likeness (QED) is 0.742. The number of halogens is 2. The molecule has 0 aromatic heterocycles. The minimum absolute atomic E-state index is 0. The van der Waals surface area contributed by atoms with E-state index in [0.29, 0.717) is 6.07 Å². The standard InChI is InChI=1S/C13H9F2NO3S.Li/c14-10-6-9(7-11(15)8-10)13(17)16-20(18,19)12-4-2-1-3-5-12;/h1-8H,(H,16,17);/q;+1/p-1. The Kier molecular flexibility index (Phi) is 5.67. The van der Waals surface area contributed by atoms with E-state index in [4.69, 9.17) is 0 Å². The molecular formula is C13H8F2LiNO3S. The van der Waals surface area contributed by atoms with E-state index in [-0.39, 0.29) is 23.8 Å². The number of benzene rings is 2. The summed E-state index contributed by atoms with van der Waals surface area (Å²) in [6, 6.07) is 9.07. The van der Waals surface area contributed by atoms with E-state index in [9.17, 15) is 22.0 Å². The molecule has 0 fully saturated rings. The third kappa shape index (κ3) is 4.39. The van der Waals surface area contributed by atoms with E-state index in [0.717, 1.165) is 12.1 Å². The molecule has 1 amide bonds. The van der Waals surface area contributed by atoms with Gasteiger partial charge >= 0.3 is 18.9 Å². The summed E-state index contributed by atoms with van der Waals surface area (Å²) in [5, 5.41) is 0. The average Bonchev–Trinajstić information content (AvgIpc) is 2.38. The fourth-order valence-electron chi connectivity index (χ4n) is 1.48. The third-order valence-electron chi connectivity index (χ3n) is 2.35. The molecule has 0 aliphatic rings. The molecular weight excluding hydrogens is 295 g/mol. The first-order valence-electron chi connectivity index (χ1n) is 5.42. The monoisotopic (exact) mass is 303 g/mol. The van der Waals surface area contributed by atoms with Gasteiger partial charge in [-0.15, -0.1) is 0 Å². The molecule has 8 heteroatoms. The molecule has 0 aliphatic heterocycles. The first-order valence-corrected chi connectivity index (χ1v) is 6.86. The van der Waals surface area contributed by atoms with Crippen LogP contribution in [0.1, 0.15) is 10.4 Å². The van der Waals surface area contributed by atoms with Crippen molar-refractivity contribution in [3.05, 3.63) is 70.5 Å². The van der Waals surface area contributed by atoms with Crippen LogP contribution in [0.5, 0.6) is 0 Å². The zero-order valence-corrected chi connectivity index (χ0v) is 11.8. The predicted molar refractivity (Wildman–Crippen MR) is 67.7 cm³/mol. The Balaban J connectivity index is 0.00000220. The summed E-state index contributed by atoms with van der Waals surface area (Å²) in [5.74, 6) is -3.20. The van der Waals surface area contributed by atoms with Crippen LogP contribution < -0.4 is 18.9 Å². The van der Waals surface area contributed by atoms with Gasteiger partial charge in [-0.3, -0.25) is 0 Å². The van der Waals surface area contributed by atoms with Gasteiger partial charge in [0.1, 0.15) is 21.7 Å². The number of rotatable bonds is 3. The number of hydrogen-bond acceptors (Lipinski definition) is 3. The molecule has 4 nitrogen and oxygen atoms in total. The Hall–Kier alpha value is -1.68. The van der Waals surface area contributed by atoms with Crippen LogP contribution in [0, 0.1) is 11.6 Å². The molecule has 0 atom stereocenters. The maximum absolute atomic E-state index is 13.0. The van der Waals surface area contributed by atoms with E-state index in [1.807, 2.05) is 0 Å². The first kappa shape index (κ1) is 17.4. The molecule has 0 saturated carbocycles. The number of amides is 1. The van der Waals surface area contributed by atoms with Gasteiger partial charge in [-0.2, -0.15) is 0 Å². The van der Waals surface area contributed by atoms with E-state index < -0.39 is 33.1 Å². The Morgan fingerprint density at radius 1 is 0.952 bits per heavy atom. The fourth-order valence-corrected chi connectivity index (χ4v) is 2.41.